The number of hydrogen-bond acceptors (Lipinski definition) is 2. The summed E-state index contributed by atoms with van der Waals surface area (Å²) in [5, 5.41) is 12.7. The minimum atomic E-state index is -0.171. The smallest absolute Gasteiger partial charge is 0.0690 e. The fraction of sp³-hybridized carbons (Fsp3) is 1.00. The molecule has 0 heterocycles. The second kappa shape index (κ2) is 6.62. The zero-order chi connectivity index (χ0) is 8.69. The fourth-order valence-electron chi connectivity index (χ4n) is 1.12. The van der Waals surface area contributed by atoms with Crippen molar-refractivity contribution in [3.05, 3.63) is 0 Å². The Bertz CT molecular complexity index is 85.6. The molecule has 0 aliphatic rings. The standard InChI is InChI=1S/C9H21NO/c1-4-6-7-9(11)8(3)10-5-2/h8-11H,4-7H2,1-3H3. The van der Waals surface area contributed by atoms with Gasteiger partial charge in [-0.25, -0.2) is 0 Å². The molecule has 0 aliphatic carbocycles. The van der Waals surface area contributed by atoms with E-state index in [-0.39, 0.29) is 12.1 Å². The molecule has 0 amide bonds. The van der Waals surface area contributed by atoms with Crippen molar-refractivity contribution in [3.63, 3.8) is 0 Å². The van der Waals surface area contributed by atoms with Crippen LogP contribution >= 0.6 is 0 Å². The first kappa shape index (κ1) is 10.9. The first-order valence-electron chi connectivity index (χ1n) is 4.63. The van der Waals surface area contributed by atoms with Crippen molar-refractivity contribution in [2.45, 2.75) is 52.2 Å². The topological polar surface area (TPSA) is 32.3 Å². The van der Waals surface area contributed by atoms with E-state index in [2.05, 4.69) is 19.2 Å². The number of nitrogens with one attached hydrogen (secondary N) is 1. The third kappa shape index (κ3) is 5.22. The van der Waals surface area contributed by atoms with Gasteiger partial charge in [0.25, 0.3) is 0 Å². The molecule has 0 aromatic heterocycles. The molecule has 2 N–H and O–H groups in total. The average Bonchev–Trinajstić information content (AvgIpc) is 2.00. The van der Waals surface area contributed by atoms with Gasteiger partial charge in [-0.15, -0.1) is 0 Å². The molecule has 0 rings (SSSR count). The Balaban J connectivity index is 3.38. The lowest BCUT2D eigenvalue weighted by Gasteiger charge is -2.18. The predicted molar refractivity (Wildman–Crippen MR) is 48.7 cm³/mol. The van der Waals surface area contributed by atoms with Crippen molar-refractivity contribution < 1.29 is 5.11 Å². The molecule has 0 spiro atoms. The summed E-state index contributed by atoms with van der Waals surface area (Å²) in [6.45, 7) is 7.17. The van der Waals surface area contributed by atoms with Crippen LogP contribution in [0.5, 0.6) is 0 Å². The Morgan fingerprint density at radius 2 is 2.00 bits per heavy atom. The Morgan fingerprint density at radius 1 is 1.36 bits per heavy atom. The second-order valence-corrected chi connectivity index (χ2v) is 3.06. The maximum atomic E-state index is 9.52. The second-order valence-electron chi connectivity index (χ2n) is 3.06. The van der Waals surface area contributed by atoms with Gasteiger partial charge in [0.05, 0.1) is 6.10 Å². The lowest BCUT2D eigenvalue weighted by atomic mass is 10.1. The molecule has 0 fully saturated rings. The summed E-state index contributed by atoms with van der Waals surface area (Å²) >= 11 is 0. The minimum Gasteiger partial charge on any atom is -0.392 e. The van der Waals surface area contributed by atoms with E-state index >= 15 is 0 Å². The van der Waals surface area contributed by atoms with Gasteiger partial charge in [0.1, 0.15) is 0 Å². The summed E-state index contributed by atoms with van der Waals surface area (Å²) in [6, 6.07) is 0.242. The molecule has 0 radical (unpaired) electrons. The van der Waals surface area contributed by atoms with Crippen LogP contribution in [0, 0.1) is 0 Å². The highest BCUT2D eigenvalue weighted by Crippen LogP contribution is 2.03. The van der Waals surface area contributed by atoms with E-state index < -0.39 is 0 Å². The third-order valence-corrected chi connectivity index (χ3v) is 1.96. The number of hydrogen-bond donors (Lipinski definition) is 2. The maximum absolute atomic E-state index is 9.52. The van der Waals surface area contributed by atoms with Crippen molar-refractivity contribution in [2.24, 2.45) is 0 Å². The summed E-state index contributed by atoms with van der Waals surface area (Å²) < 4.78 is 0. The number of aliphatic hydroxyl groups is 1. The molecule has 0 aliphatic heterocycles. The lowest BCUT2D eigenvalue weighted by Crippen LogP contribution is -2.36. The number of unbranched alkanes of at least 4 members (excludes halogenated alkanes) is 1. The quantitative estimate of drug-likeness (QED) is 0.616. The first-order chi connectivity index (χ1) is 5.22. The molecule has 2 atom stereocenters. The highest BCUT2D eigenvalue weighted by atomic mass is 16.3. The molecule has 2 heteroatoms. The molecule has 0 aromatic rings. The summed E-state index contributed by atoms with van der Waals surface area (Å²) in [6.07, 6.45) is 3.03. The van der Waals surface area contributed by atoms with Crippen molar-refractivity contribution >= 4 is 0 Å². The monoisotopic (exact) mass is 159 g/mol. The van der Waals surface area contributed by atoms with Gasteiger partial charge in [-0.2, -0.15) is 0 Å². The van der Waals surface area contributed by atoms with Gasteiger partial charge in [0, 0.05) is 6.04 Å². The zero-order valence-corrected chi connectivity index (χ0v) is 7.93. The van der Waals surface area contributed by atoms with Crippen LogP contribution in [0.4, 0.5) is 0 Å². The van der Waals surface area contributed by atoms with Crippen LogP contribution in [-0.2, 0) is 0 Å². The molecular formula is C9H21NO. The molecule has 0 bridgehead atoms. The Morgan fingerprint density at radius 3 is 2.45 bits per heavy atom. The molecular weight excluding hydrogens is 138 g/mol. The van der Waals surface area contributed by atoms with Gasteiger partial charge in [-0.1, -0.05) is 26.7 Å². The van der Waals surface area contributed by atoms with E-state index in [9.17, 15) is 5.11 Å². The van der Waals surface area contributed by atoms with Crippen LogP contribution in [0.15, 0.2) is 0 Å². The maximum Gasteiger partial charge on any atom is 0.0690 e. The van der Waals surface area contributed by atoms with Gasteiger partial charge >= 0.3 is 0 Å². The fourth-order valence-corrected chi connectivity index (χ4v) is 1.12. The Hall–Kier alpha value is -0.0800. The van der Waals surface area contributed by atoms with Crippen LogP contribution in [-0.4, -0.2) is 23.8 Å². The van der Waals surface area contributed by atoms with Gasteiger partial charge in [-0.05, 0) is 19.9 Å². The Labute approximate surface area is 70.0 Å². The van der Waals surface area contributed by atoms with E-state index in [1.165, 1.54) is 0 Å². The van der Waals surface area contributed by atoms with E-state index in [0.717, 1.165) is 25.8 Å². The largest absolute Gasteiger partial charge is 0.392 e. The summed E-state index contributed by atoms with van der Waals surface area (Å²) in [7, 11) is 0. The van der Waals surface area contributed by atoms with Gasteiger partial charge in [0.2, 0.25) is 0 Å². The number of likely N-dealkylation sites (N-methyl/N-ethyl adjacent to an activating group) is 1. The SMILES string of the molecule is CCCCC(O)C(C)NCC. The van der Waals surface area contributed by atoms with Crippen LogP contribution in [0.1, 0.15) is 40.0 Å². The zero-order valence-electron chi connectivity index (χ0n) is 7.93. The van der Waals surface area contributed by atoms with Crippen LogP contribution in [0.25, 0.3) is 0 Å². The van der Waals surface area contributed by atoms with Crippen LogP contribution < -0.4 is 5.32 Å². The average molecular weight is 159 g/mol. The van der Waals surface area contributed by atoms with Crippen LogP contribution in [0.3, 0.4) is 0 Å². The van der Waals surface area contributed by atoms with E-state index in [4.69, 9.17) is 0 Å². The molecule has 2 nitrogen and oxygen atoms in total. The van der Waals surface area contributed by atoms with Crippen molar-refractivity contribution in [1.82, 2.24) is 5.32 Å². The first-order valence-corrected chi connectivity index (χ1v) is 4.63. The van der Waals surface area contributed by atoms with Gasteiger partial charge in [0.15, 0.2) is 0 Å². The highest BCUT2D eigenvalue weighted by Gasteiger charge is 2.10. The van der Waals surface area contributed by atoms with E-state index in [0.29, 0.717) is 0 Å². The number of rotatable bonds is 6. The van der Waals surface area contributed by atoms with Gasteiger partial charge < -0.3 is 10.4 Å². The Kier molecular flexibility index (Phi) is 6.57. The molecule has 0 saturated heterocycles. The highest BCUT2D eigenvalue weighted by molar-refractivity contribution is 4.69. The van der Waals surface area contributed by atoms with Crippen molar-refractivity contribution in [1.29, 1.82) is 0 Å². The van der Waals surface area contributed by atoms with Crippen molar-refractivity contribution in [3.8, 4) is 0 Å². The minimum absolute atomic E-state index is 0.171. The number of aliphatic hydroxyl groups excluding tert-OH is 1. The molecule has 68 valence electrons. The van der Waals surface area contributed by atoms with Crippen LogP contribution in [0.2, 0.25) is 0 Å². The molecule has 0 aromatic carbocycles. The van der Waals surface area contributed by atoms with Crippen molar-refractivity contribution in [2.75, 3.05) is 6.54 Å². The summed E-state index contributed by atoms with van der Waals surface area (Å²) in [4.78, 5) is 0. The normalized spacial score (nSPS) is 16.4. The molecule has 11 heavy (non-hydrogen) atoms. The third-order valence-electron chi connectivity index (χ3n) is 1.96. The summed E-state index contributed by atoms with van der Waals surface area (Å²) in [5.74, 6) is 0. The lowest BCUT2D eigenvalue weighted by molar-refractivity contribution is 0.124. The van der Waals surface area contributed by atoms with E-state index in [1.54, 1.807) is 0 Å². The van der Waals surface area contributed by atoms with Gasteiger partial charge in [-0.3, -0.25) is 0 Å². The predicted octanol–water partition coefficient (Wildman–Crippen LogP) is 1.54. The summed E-state index contributed by atoms with van der Waals surface area (Å²) in [5.41, 5.74) is 0. The van der Waals surface area contributed by atoms with E-state index in [1.807, 2.05) is 6.92 Å². The molecule has 0 saturated carbocycles. The molecule has 2 unspecified atom stereocenters.